The number of benzene rings is 1. The maximum Gasteiger partial charge on any atom is 0.137 e. The Morgan fingerprint density at radius 3 is 2.53 bits per heavy atom. The molecule has 1 unspecified atom stereocenters. The number of ether oxygens (including phenoxy) is 2. The molecule has 4 nitrogen and oxygen atoms in total. The maximum absolute atomic E-state index is 9.46. The molecule has 2 rings (SSSR count). The molecule has 0 amide bonds. The predicted molar refractivity (Wildman–Crippen MR) is 72.6 cm³/mol. The van der Waals surface area contributed by atoms with Crippen LogP contribution in [0.2, 0.25) is 0 Å². The van der Waals surface area contributed by atoms with Crippen molar-refractivity contribution >= 4 is 0 Å². The van der Waals surface area contributed by atoms with Gasteiger partial charge >= 0.3 is 0 Å². The average molecular weight is 259 g/mol. The van der Waals surface area contributed by atoms with Gasteiger partial charge in [-0.1, -0.05) is 12.1 Å². The lowest BCUT2D eigenvalue weighted by atomic mass is 10.0. The summed E-state index contributed by atoms with van der Waals surface area (Å²) < 4.78 is 10.7. The van der Waals surface area contributed by atoms with Crippen molar-refractivity contribution in [1.82, 2.24) is 4.98 Å². The van der Waals surface area contributed by atoms with E-state index in [1.807, 2.05) is 36.4 Å². The number of rotatable bonds is 6. The van der Waals surface area contributed by atoms with Gasteiger partial charge in [-0.2, -0.15) is 0 Å². The molecule has 0 bridgehead atoms. The third-order valence-corrected chi connectivity index (χ3v) is 2.89. The van der Waals surface area contributed by atoms with Gasteiger partial charge in [0.05, 0.1) is 26.5 Å². The normalized spacial score (nSPS) is 11.9. The van der Waals surface area contributed by atoms with Gasteiger partial charge < -0.3 is 14.6 Å². The molecule has 4 heteroatoms. The Kier molecular flexibility index (Phi) is 4.75. The summed E-state index contributed by atoms with van der Waals surface area (Å²) in [6, 6.07) is 11.3. The van der Waals surface area contributed by atoms with Crippen LogP contribution in [0.15, 0.2) is 48.8 Å². The first kappa shape index (κ1) is 13.4. The second kappa shape index (κ2) is 6.75. The Morgan fingerprint density at radius 1 is 1.16 bits per heavy atom. The Labute approximate surface area is 112 Å². The van der Waals surface area contributed by atoms with Crippen molar-refractivity contribution in [3.63, 3.8) is 0 Å². The van der Waals surface area contributed by atoms with Crippen molar-refractivity contribution in [2.24, 2.45) is 0 Å². The van der Waals surface area contributed by atoms with Gasteiger partial charge in [0.2, 0.25) is 0 Å². The zero-order valence-electron chi connectivity index (χ0n) is 10.8. The Balaban J connectivity index is 1.99. The van der Waals surface area contributed by atoms with E-state index in [4.69, 9.17) is 9.47 Å². The van der Waals surface area contributed by atoms with E-state index in [1.165, 1.54) is 0 Å². The molecule has 0 aliphatic rings. The van der Waals surface area contributed by atoms with Crippen LogP contribution in [-0.2, 0) is 0 Å². The zero-order chi connectivity index (χ0) is 13.5. The van der Waals surface area contributed by atoms with Gasteiger partial charge in [-0.3, -0.25) is 4.98 Å². The molecule has 0 fully saturated rings. The van der Waals surface area contributed by atoms with Crippen molar-refractivity contribution in [1.29, 1.82) is 0 Å². The molecule has 0 saturated heterocycles. The lowest BCUT2D eigenvalue weighted by molar-refractivity contribution is 0.204. The number of nitrogens with zero attached hydrogens (tertiary/aromatic N) is 1. The number of aliphatic hydroxyl groups is 1. The van der Waals surface area contributed by atoms with E-state index in [0.717, 1.165) is 11.3 Å². The van der Waals surface area contributed by atoms with Gasteiger partial charge in [0, 0.05) is 12.1 Å². The highest BCUT2D eigenvalue weighted by molar-refractivity contribution is 5.29. The molecule has 0 saturated carbocycles. The Bertz CT molecular complexity index is 485. The number of aromatic nitrogens is 1. The predicted octanol–water partition coefficient (Wildman–Crippen LogP) is 2.25. The maximum atomic E-state index is 9.46. The number of pyridine rings is 1. The molecule has 100 valence electrons. The van der Waals surface area contributed by atoms with Crippen LogP contribution in [0.1, 0.15) is 11.5 Å². The van der Waals surface area contributed by atoms with Gasteiger partial charge in [-0.25, -0.2) is 0 Å². The van der Waals surface area contributed by atoms with Crippen molar-refractivity contribution in [3.05, 3.63) is 54.4 Å². The number of hydrogen-bond acceptors (Lipinski definition) is 4. The van der Waals surface area contributed by atoms with E-state index in [1.54, 1.807) is 19.5 Å². The molecule has 1 aromatic heterocycles. The second-order valence-electron chi connectivity index (χ2n) is 4.15. The molecule has 0 aliphatic carbocycles. The van der Waals surface area contributed by atoms with Crippen LogP contribution in [0.4, 0.5) is 0 Å². The molecular formula is C15H17NO3. The fourth-order valence-electron chi connectivity index (χ4n) is 1.76. The van der Waals surface area contributed by atoms with Crippen LogP contribution >= 0.6 is 0 Å². The summed E-state index contributed by atoms with van der Waals surface area (Å²) in [5.41, 5.74) is 1.02. The standard InChI is InChI=1S/C15H17NO3/c1-18-14-6-4-12(5-7-14)13(10-17)11-19-15-3-2-8-16-9-15/h2-9,13,17H,10-11H2,1H3. The largest absolute Gasteiger partial charge is 0.497 e. The molecule has 0 aliphatic heterocycles. The third kappa shape index (κ3) is 3.69. The molecule has 1 aromatic carbocycles. The van der Waals surface area contributed by atoms with Crippen molar-refractivity contribution < 1.29 is 14.6 Å². The summed E-state index contributed by atoms with van der Waals surface area (Å²) in [6.07, 6.45) is 3.35. The minimum Gasteiger partial charge on any atom is -0.497 e. The minimum atomic E-state index is -0.0638. The van der Waals surface area contributed by atoms with Gasteiger partial charge in [0.25, 0.3) is 0 Å². The summed E-state index contributed by atoms with van der Waals surface area (Å²) in [5.74, 6) is 1.44. The highest BCUT2D eigenvalue weighted by atomic mass is 16.5. The van der Waals surface area contributed by atoms with E-state index in [9.17, 15) is 5.11 Å². The van der Waals surface area contributed by atoms with E-state index in [0.29, 0.717) is 12.4 Å². The van der Waals surface area contributed by atoms with Gasteiger partial charge in [0.15, 0.2) is 0 Å². The van der Waals surface area contributed by atoms with E-state index >= 15 is 0 Å². The molecule has 0 radical (unpaired) electrons. The van der Waals surface area contributed by atoms with Gasteiger partial charge in [0.1, 0.15) is 11.5 Å². The summed E-state index contributed by atoms with van der Waals surface area (Å²) in [5, 5.41) is 9.46. The highest BCUT2D eigenvalue weighted by Gasteiger charge is 2.11. The van der Waals surface area contributed by atoms with Crippen LogP contribution in [-0.4, -0.2) is 30.4 Å². The average Bonchev–Trinajstić information content (AvgIpc) is 2.49. The number of hydrogen-bond donors (Lipinski definition) is 1. The van der Waals surface area contributed by atoms with Crippen molar-refractivity contribution in [3.8, 4) is 11.5 Å². The minimum absolute atomic E-state index is 0.0343. The van der Waals surface area contributed by atoms with Gasteiger partial charge in [-0.05, 0) is 29.8 Å². The molecule has 1 N–H and O–H groups in total. The van der Waals surface area contributed by atoms with Crippen LogP contribution < -0.4 is 9.47 Å². The Hall–Kier alpha value is -2.07. The Morgan fingerprint density at radius 2 is 1.95 bits per heavy atom. The summed E-state index contributed by atoms with van der Waals surface area (Å²) in [7, 11) is 1.63. The summed E-state index contributed by atoms with van der Waals surface area (Å²) >= 11 is 0. The zero-order valence-corrected chi connectivity index (χ0v) is 10.8. The first-order valence-electron chi connectivity index (χ1n) is 6.11. The smallest absolute Gasteiger partial charge is 0.137 e. The monoisotopic (exact) mass is 259 g/mol. The molecule has 1 heterocycles. The molecule has 19 heavy (non-hydrogen) atoms. The topological polar surface area (TPSA) is 51.6 Å². The molecule has 1 atom stereocenters. The lowest BCUT2D eigenvalue weighted by Crippen LogP contribution is -2.14. The quantitative estimate of drug-likeness (QED) is 0.864. The second-order valence-corrected chi connectivity index (χ2v) is 4.15. The van der Waals surface area contributed by atoms with E-state index in [2.05, 4.69) is 4.98 Å². The lowest BCUT2D eigenvalue weighted by Gasteiger charge is -2.16. The number of methoxy groups -OCH3 is 1. The van der Waals surface area contributed by atoms with Crippen LogP contribution in [0.3, 0.4) is 0 Å². The van der Waals surface area contributed by atoms with Crippen LogP contribution in [0, 0.1) is 0 Å². The molecule has 0 spiro atoms. The van der Waals surface area contributed by atoms with Gasteiger partial charge in [-0.15, -0.1) is 0 Å². The summed E-state index contributed by atoms with van der Waals surface area (Å²) in [4.78, 5) is 3.98. The third-order valence-electron chi connectivity index (χ3n) is 2.89. The summed E-state index contributed by atoms with van der Waals surface area (Å²) in [6.45, 7) is 0.446. The first-order chi connectivity index (χ1) is 9.33. The first-order valence-corrected chi connectivity index (χ1v) is 6.11. The van der Waals surface area contributed by atoms with E-state index in [-0.39, 0.29) is 12.5 Å². The molecular weight excluding hydrogens is 242 g/mol. The fourth-order valence-corrected chi connectivity index (χ4v) is 1.76. The highest BCUT2D eigenvalue weighted by Crippen LogP contribution is 2.20. The molecule has 2 aromatic rings. The number of aliphatic hydroxyl groups excluding tert-OH is 1. The fraction of sp³-hybridized carbons (Fsp3) is 0.267. The SMILES string of the molecule is COc1ccc(C(CO)COc2cccnc2)cc1. The van der Waals surface area contributed by atoms with Crippen molar-refractivity contribution in [2.45, 2.75) is 5.92 Å². The van der Waals surface area contributed by atoms with Crippen LogP contribution in [0.25, 0.3) is 0 Å². The van der Waals surface area contributed by atoms with Crippen molar-refractivity contribution in [2.75, 3.05) is 20.3 Å². The van der Waals surface area contributed by atoms with Crippen LogP contribution in [0.5, 0.6) is 11.5 Å². The van der Waals surface area contributed by atoms with E-state index < -0.39 is 0 Å².